The molecule has 0 unspecified atom stereocenters. The monoisotopic (exact) mass is 354 g/mol. The van der Waals surface area contributed by atoms with Gasteiger partial charge in [-0.3, -0.25) is 9.59 Å². The summed E-state index contributed by atoms with van der Waals surface area (Å²) in [5.41, 5.74) is 4.19. The molecule has 4 rings (SSSR count). The quantitative estimate of drug-likeness (QED) is 0.742. The van der Waals surface area contributed by atoms with Crippen LogP contribution < -0.4 is 0 Å². The number of benzene rings is 1. The lowest BCUT2D eigenvalue weighted by atomic mass is 9.55. The van der Waals surface area contributed by atoms with Gasteiger partial charge in [0, 0.05) is 18.3 Å². The number of Topliss-reactive ketones (excluding diaryl/α,β-unsaturated/α-hetero) is 1. The summed E-state index contributed by atoms with van der Waals surface area (Å²) in [7, 11) is 0. The molecule has 0 aromatic heterocycles. The molecule has 0 spiro atoms. The van der Waals surface area contributed by atoms with Crippen LogP contribution in [-0.2, 0) is 27.2 Å². The molecule has 0 N–H and O–H groups in total. The highest BCUT2D eigenvalue weighted by molar-refractivity contribution is 5.87. The van der Waals surface area contributed by atoms with E-state index in [0.717, 1.165) is 38.5 Å². The van der Waals surface area contributed by atoms with E-state index in [4.69, 9.17) is 4.74 Å². The Morgan fingerprint density at radius 2 is 2.08 bits per heavy atom. The smallest absolute Gasteiger partial charge is 0.306 e. The van der Waals surface area contributed by atoms with Crippen molar-refractivity contribution in [2.75, 3.05) is 6.61 Å². The van der Waals surface area contributed by atoms with Gasteiger partial charge in [-0.15, -0.1) is 0 Å². The molecule has 3 aliphatic carbocycles. The largest absolute Gasteiger partial charge is 0.466 e. The fourth-order valence-electron chi connectivity index (χ4n) is 6.04. The van der Waals surface area contributed by atoms with Crippen molar-refractivity contribution in [2.24, 2.45) is 17.3 Å². The Hall–Kier alpha value is -1.64. The van der Waals surface area contributed by atoms with Gasteiger partial charge in [0.1, 0.15) is 5.78 Å². The van der Waals surface area contributed by atoms with E-state index in [0.29, 0.717) is 36.6 Å². The first kappa shape index (κ1) is 17.8. The van der Waals surface area contributed by atoms with Crippen LogP contribution in [0.1, 0.15) is 75.0 Å². The standard InChI is InChI=1S/C23H30O3/c1-3-26-22(25)11-5-15-4-7-17-16(14-15)6-8-19-18(17)12-13-23(2)20(19)9-10-21(23)24/h4,7,14,18-20H,3,5-6,8-13H2,1-2H3/t18-,19-,20+,23+/m1/s1. The number of ketones is 1. The summed E-state index contributed by atoms with van der Waals surface area (Å²) in [4.78, 5) is 24.0. The van der Waals surface area contributed by atoms with E-state index in [2.05, 4.69) is 25.1 Å². The van der Waals surface area contributed by atoms with Crippen molar-refractivity contribution in [1.82, 2.24) is 0 Å². The number of fused-ring (bicyclic) bond motifs is 5. The lowest BCUT2D eigenvalue weighted by Crippen LogP contribution is -2.42. The second-order valence-electron chi connectivity index (χ2n) is 8.67. The van der Waals surface area contributed by atoms with Crippen LogP contribution in [0.2, 0.25) is 0 Å². The average Bonchev–Trinajstić information content (AvgIpc) is 2.95. The summed E-state index contributed by atoms with van der Waals surface area (Å²) in [5.74, 6) is 2.30. The Morgan fingerprint density at radius 3 is 2.88 bits per heavy atom. The van der Waals surface area contributed by atoms with Crippen molar-refractivity contribution >= 4 is 11.8 Å². The Labute approximate surface area is 156 Å². The molecule has 140 valence electrons. The van der Waals surface area contributed by atoms with Gasteiger partial charge >= 0.3 is 5.97 Å². The molecule has 3 aliphatic rings. The third kappa shape index (κ3) is 2.90. The summed E-state index contributed by atoms with van der Waals surface area (Å²) >= 11 is 0. The van der Waals surface area contributed by atoms with Crippen LogP contribution >= 0.6 is 0 Å². The molecular formula is C23H30O3. The van der Waals surface area contributed by atoms with Crippen molar-refractivity contribution in [3.63, 3.8) is 0 Å². The van der Waals surface area contributed by atoms with Crippen LogP contribution in [0.3, 0.4) is 0 Å². The van der Waals surface area contributed by atoms with Crippen LogP contribution in [-0.4, -0.2) is 18.4 Å². The van der Waals surface area contributed by atoms with Gasteiger partial charge in [-0.05, 0) is 79.9 Å². The highest BCUT2D eigenvalue weighted by atomic mass is 16.5. The lowest BCUT2D eigenvalue weighted by Gasteiger charge is -2.48. The molecule has 0 heterocycles. The fraction of sp³-hybridized carbons (Fsp3) is 0.652. The maximum absolute atomic E-state index is 12.4. The number of ether oxygens (including phenoxy) is 1. The van der Waals surface area contributed by atoms with Crippen LogP contribution in [0.15, 0.2) is 18.2 Å². The molecular weight excluding hydrogens is 324 g/mol. The van der Waals surface area contributed by atoms with Crippen molar-refractivity contribution in [1.29, 1.82) is 0 Å². The van der Waals surface area contributed by atoms with E-state index in [9.17, 15) is 9.59 Å². The fourth-order valence-corrected chi connectivity index (χ4v) is 6.04. The number of carbonyl (C=O) groups excluding carboxylic acids is 2. The molecule has 0 radical (unpaired) electrons. The molecule has 26 heavy (non-hydrogen) atoms. The molecule has 2 saturated carbocycles. The Morgan fingerprint density at radius 1 is 1.23 bits per heavy atom. The number of rotatable bonds is 4. The van der Waals surface area contributed by atoms with Gasteiger partial charge in [-0.25, -0.2) is 0 Å². The second-order valence-corrected chi connectivity index (χ2v) is 8.67. The molecule has 2 fully saturated rings. The number of hydrogen-bond donors (Lipinski definition) is 0. The highest BCUT2D eigenvalue weighted by Gasteiger charge is 2.54. The summed E-state index contributed by atoms with van der Waals surface area (Å²) in [6, 6.07) is 6.83. The molecule has 1 aromatic carbocycles. The van der Waals surface area contributed by atoms with E-state index in [1.54, 1.807) is 0 Å². The zero-order chi connectivity index (χ0) is 18.3. The van der Waals surface area contributed by atoms with Crippen molar-refractivity contribution in [2.45, 2.75) is 71.1 Å². The minimum absolute atomic E-state index is 0.0434. The molecule has 3 heteroatoms. The molecule has 0 amide bonds. The minimum atomic E-state index is -0.109. The summed E-state index contributed by atoms with van der Waals surface area (Å²) in [6.45, 7) is 4.53. The van der Waals surface area contributed by atoms with Crippen LogP contribution in [0.4, 0.5) is 0 Å². The number of aryl methyl sites for hydroxylation is 2. The first-order valence-corrected chi connectivity index (χ1v) is 10.3. The summed E-state index contributed by atoms with van der Waals surface area (Å²) < 4.78 is 5.04. The summed E-state index contributed by atoms with van der Waals surface area (Å²) in [5, 5.41) is 0. The van der Waals surface area contributed by atoms with Gasteiger partial charge in [0.15, 0.2) is 0 Å². The van der Waals surface area contributed by atoms with Crippen molar-refractivity contribution in [3.8, 4) is 0 Å². The van der Waals surface area contributed by atoms with Crippen molar-refractivity contribution < 1.29 is 14.3 Å². The van der Waals surface area contributed by atoms with Gasteiger partial charge in [0.05, 0.1) is 6.61 Å². The zero-order valence-electron chi connectivity index (χ0n) is 16.1. The van der Waals surface area contributed by atoms with Gasteiger partial charge in [-0.1, -0.05) is 25.1 Å². The molecule has 0 saturated heterocycles. The predicted octanol–water partition coefficient (Wildman–Crippen LogP) is 4.61. The Balaban J connectivity index is 1.51. The zero-order valence-corrected chi connectivity index (χ0v) is 16.1. The molecule has 4 atom stereocenters. The van der Waals surface area contributed by atoms with Gasteiger partial charge in [-0.2, -0.15) is 0 Å². The maximum Gasteiger partial charge on any atom is 0.306 e. The summed E-state index contributed by atoms with van der Waals surface area (Å²) in [6.07, 6.45) is 7.65. The second kappa shape index (κ2) is 6.83. The van der Waals surface area contributed by atoms with Gasteiger partial charge < -0.3 is 4.74 Å². The Kier molecular flexibility index (Phi) is 4.66. The molecule has 3 nitrogen and oxygen atoms in total. The topological polar surface area (TPSA) is 43.4 Å². The predicted molar refractivity (Wildman–Crippen MR) is 101 cm³/mol. The first-order valence-electron chi connectivity index (χ1n) is 10.3. The molecule has 0 bridgehead atoms. The third-order valence-electron chi connectivity index (χ3n) is 7.42. The number of hydrogen-bond acceptors (Lipinski definition) is 3. The minimum Gasteiger partial charge on any atom is -0.466 e. The molecule has 0 aliphatic heterocycles. The van der Waals surface area contributed by atoms with Gasteiger partial charge in [0.25, 0.3) is 0 Å². The van der Waals surface area contributed by atoms with E-state index < -0.39 is 0 Å². The van der Waals surface area contributed by atoms with Crippen LogP contribution in [0, 0.1) is 17.3 Å². The van der Waals surface area contributed by atoms with E-state index in [1.807, 2.05) is 6.92 Å². The molecule has 1 aromatic rings. The number of carbonyl (C=O) groups is 2. The van der Waals surface area contributed by atoms with Gasteiger partial charge in [0.2, 0.25) is 0 Å². The number of esters is 1. The lowest BCUT2D eigenvalue weighted by molar-refractivity contribution is -0.143. The van der Waals surface area contributed by atoms with E-state index in [-0.39, 0.29) is 11.4 Å². The third-order valence-corrected chi connectivity index (χ3v) is 7.42. The normalized spacial score (nSPS) is 32.5. The van der Waals surface area contributed by atoms with E-state index in [1.165, 1.54) is 23.1 Å². The first-order chi connectivity index (χ1) is 12.5. The maximum atomic E-state index is 12.4. The van der Waals surface area contributed by atoms with Crippen LogP contribution in [0.5, 0.6) is 0 Å². The SMILES string of the molecule is CCOC(=O)CCc1ccc2c(c1)CC[C@@H]1[C@@H]2CC[C@]2(C)C(=O)CC[C@@H]12. The van der Waals surface area contributed by atoms with Crippen LogP contribution in [0.25, 0.3) is 0 Å². The Bertz CT molecular complexity index is 722. The highest BCUT2D eigenvalue weighted by Crippen LogP contribution is 2.59. The van der Waals surface area contributed by atoms with E-state index >= 15 is 0 Å². The average molecular weight is 354 g/mol. The van der Waals surface area contributed by atoms with Crippen molar-refractivity contribution in [3.05, 3.63) is 34.9 Å².